The molecule has 1 aromatic carbocycles. The van der Waals surface area contributed by atoms with Crippen LogP contribution in [0.3, 0.4) is 0 Å². The molecule has 0 aliphatic carbocycles. The van der Waals surface area contributed by atoms with E-state index in [9.17, 15) is 13.5 Å². The molecular weight excluding hydrogens is 266 g/mol. The number of rotatable bonds is 6. The molecule has 0 heterocycles. The zero-order valence-corrected chi connectivity index (χ0v) is 12.5. The van der Waals surface area contributed by atoms with Gasteiger partial charge in [-0.15, -0.1) is 0 Å². The quantitative estimate of drug-likeness (QED) is 0.828. The number of nitrogens with one attached hydrogen (secondary N) is 1. The van der Waals surface area contributed by atoms with Crippen LogP contribution in [-0.4, -0.2) is 32.8 Å². The minimum atomic E-state index is -3.68. The highest BCUT2D eigenvalue weighted by Crippen LogP contribution is 2.27. The molecule has 0 aliphatic rings. The molecule has 1 atom stereocenters. The lowest BCUT2D eigenvalue weighted by Gasteiger charge is -2.14. The molecule has 0 fully saturated rings. The van der Waals surface area contributed by atoms with Crippen molar-refractivity contribution in [2.75, 3.05) is 13.2 Å². The summed E-state index contributed by atoms with van der Waals surface area (Å²) < 4.78 is 32.1. The Hall–Kier alpha value is -1.11. The van der Waals surface area contributed by atoms with Crippen LogP contribution in [0.4, 0.5) is 0 Å². The molecule has 0 spiro atoms. The monoisotopic (exact) mass is 287 g/mol. The fourth-order valence-electron chi connectivity index (χ4n) is 1.55. The number of aryl methyl sites for hydroxylation is 2. The van der Waals surface area contributed by atoms with E-state index in [1.54, 1.807) is 19.1 Å². The molecule has 0 radical (unpaired) electrons. The van der Waals surface area contributed by atoms with Gasteiger partial charge in [0.05, 0.1) is 12.7 Å². The van der Waals surface area contributed by atoms with Crippen molar-refractivity contribution in [1.29, 1.82) is 0 Å². The molecular formula is C13H21NO4S. The van der Waals surface area contributed by atoms with Crippen molar-refractivity contribution in [3.8, 4) is 5.75 Å². The number of sulfonamides is 1. The molecule has 0 aliphatic heterocycles. The second-order valence-corrected chi connectivity index (χ2v) is 6.25. The summed E-state index contributed by atoms with van der Waals surface area (Å²) in [6, 6.07) is 3.31. The molecule has 2 N–H and O–H groups in total. The zero-order chi connectivity index (χ0) is 14.6. The number of benzene rings is 1. The number of hydrogen-bond acceptors (Lipinski definition) is 4. The molecule has 0 saturated carbocycles. The van der Waals surface area contributed by atoms with Gasteiger partial charge < -0.3 is 9.84 Å². The van der Waals surface area contributed by atoms with Crippen LogP contribution in [0.2, 0.25) is 0 Å². The Kier molecular flexibility index (Phi) is 5.34. The third kappa shape index (κ3) is 4.19. The number of aliphatic hydroxyl groups is 1. The Morgan fingerprint density at radius 1 is 1.32 bits per heavy atom. The average Bonchev–Trinajstić information content (AvgIpc) is 2.31. The zero-order valence-electron chi connectivity index (χ0n) is 11.7. The molecule has 5 nitrogen and oxygen atoms in total. The van der Waals surface area contributed by atoms with Gasteiger partial charge in [0.25, 0.3) is 0 Å². The number of ether oxygens (including phenoxy) is 1. The molecule has 1 rings (SSSR count). The maximum absolute atomic E-state index is 12.2. The Labute approximate surface area is 114 Å². The largest absolute Gasteiger partial charge is 0.492 e. The van der Waals surface area contributed by atoms with Crippen LogP contribution >= 0.6 is 0 Å². The van der Waals surface area contributed by atoms with E-state index in [4.69, 9.17) is 4.74 Å². The lowest BCUT2D eigenvalue weighted by Crippen LogP contribution is -2.31. The van der Waals surface area contributed by atoms with Gasteiger partial charge in [-0.05, 0) is 51.0 Å². The van der Waals surface area contributed by atoms with Crippen molar-refractivity contribution < 1.29 is 18.3 Å². The number of aliphatic hydroxyl groups excluding tert-OH is 1. The van der Waals surface area contributed by atoms with E-state index in [0.29, 0.717) is 12.4 Å². The van der Waals surface area contributed by atoms with Crippen molar-refractivity contribution in [3.63, 3.8) is 0 Å². The maximum atomic E-state index is 12.2. The van der Waals surface area contributed by atoms with Gasteiger partial charge in [0.1, 0.15) is 10.6 Å². The smallest absolute Gasteiger partial charge is 0.244 e. The Balaban J connectivity index is 3.20. The SMILES string of the molecule is CCOc1cc(C)c(C)cc1S(=O)(=O)NC[C@H](C)O. The molecule has 0 bridgehead atoms. The summed E-state index contributed by atoms with van der Waals surface area (Å²) in [6.45, 7) is 7.43. The molecule has 0 unspecified atom stereocenters. The van der Waals surface area contributed by atoms with Crippen LogP contribution in [0, 0.1) is 13.8 Å². The second kappa shape index (κ2) is 6.36. The highest BCUT2D eigenvalue weighted by atomic mass is 32.2. The molecule has 19 heavy (non-hydrogen) atoms. The topological polar surface area (TPSA) is 75.6 Å². The van der Waals surface area contributed by atoms with E-state index in [1.807, 2.05) is 13.8 Å². The van der Waals surface area contributed by atoms with Gasteiger partial charge in [-0.3, -0.25) is 0 Å². The summed E-state index contributed by atoms with van der Waals surface area (Å²) in [4.78, 5) is 0.109. The average molecular weight is 287 g/mol. The van der Waals surface area contributed by atoms with Gasteiger partial charge >= 0.3 is 0 Å². The first kappa shape index (κ1) is 15.9. The van der Waals surface area contributed by atoms with Crippen LogP contribution in [0.15, 0.2) is 17.0 Å². The highest BCUT2D eigenvalue weighted by molar-refractivity contribution is 7.89. The molecule has 0 aromatic heterocycles. The van der Waals surface area contributed by atoms with Crippen molar-refractivity contribution in [2.45, 2.75) is 38.7 Å². The fourth-order valence-corrected chi connectivity index (χ4v) is 2.88. The predicted octanol–water partition coefficient (Wildman–Crippen LogP) is 1.36. The first-order chi connectivity index (χ1) is 8.77. The normalized spacial score (nSPS) is 13.3. The van der Waals surface area contributed by atoms with Crippen molar-refractivity contribution in [3.05, 3.63) is 23.3 Å². The minimum Gasteiger partial charge on any atom is -0.492 e. The summed E-state index contributed by atoms with van der Waals surface area (Å²) in [7, 11) is -3.68. The third-order valence-corrected chi connectivity index (χ3v) is 4.16. The Morgan fingerprint density at radius 2 is 1.89 bits per heavy atom. The molecule has 0 saturated heterocycles. The van der Waals surface area contributed by atoms with Gasteiger partial charge in [0, 0.05) is 6.54 Å². The first-order valence-corrected chi connectivity index (χ1v) is 7.68. The van der Waals surface area contributed by atoms with Crippen molar-refractivity contribution in [1.82, 2.24) is 4.72 Å². The van der Waals surface area contributed by atoms with Gasteiger partial charge in [-0.25, -0.2) is 13.1 Å². The van der Waals surface area contributed by atoms with E-state index in [0.717, 1.165) is 11.1 Å². The van der Waals surface area contributed by atoms with Crippen LogP contribution in [0.25, 0.3) is 0 Å². The predicted molar refractivity (Wildman–Crippen MR) is 74.0 cm³/mol. The fraction of sp³-hybridized carbons (Fsp3) is 0.538. The van der Waals surface area contributed by atoms with E-state index >= 15 is 0 Å². The van der Waals surface area contributed by atoms with Gasteiger partial charge in [0.15, 0.2) is 0 Å². The molecule has 6 heteroatoms. The molecule has 0 amide bonds. The maximum Gasteiger partial charge on any atom is 0.244 e. The van der Waals surface area contributed by atoms with E-state index in [1.165, 1.54) is 6.92 Å². The third-order valence-electron chi connectivity index (χ3n) is 2.72. The van der Waals surface area contributed by atoms with E-state index in [-0.39, 0.29) is 11.4 Å². The van der Waals surface area contributed by atoms with Gasteiger partial charge in [-0.1, -0.05) is 0 Å². The van der Waals surface area contributed by atoms with Crippen LogP contribution in [-0.2, 0) is 10.0 Å². The van der Waals surface area contributed by atoms with Gasteiger partial charge in [-0.2, -0.15) is 0 Å². The second-order valence-electron chi connectivity index (χ2n) is 4.52. The highest BCUT2D eigenvalue weighted by Gasteiger charge is 2.21. The van der Waals surface area contributed by atoms with Crippen molar-refractivity contribution >= 4 is 10.0 Å². The van der Waals surface area contributed by atoms with E-state index in [2.05, 4.69) is 4.72 Å². The summed E-state index contributed by atoms with van der Waals surface area (Å²) in [5.41, 5.74) is 1.85. The first-order valence-electron chi connectivity index (χ1n) is 6.19. The van der Waals surface area contributed by atoms with Crippen LogP contribution in [0.1, 0.15) is 25.0 Å². The summed E-state index contributed by atoms with van der Waals surface area (Å²) >= 11 is 0. The Bertz CT molecular complexity index is 538. The summed E-state index contributed by atoms with van der Waals surface area (Å²) in [6.07, 6.45) is -0.739. The van der Waals surface area contributed by atoms with Crippen molar-refractivity contribution in [2.24, 2.45) is 0 Å². The minimum absolute atomic E-state index is 0.0270. The summed E-state index contributed by atoms with van der Waals surface area (Å²) in [5, 5.41) is 9.18. The number of hydrogen-bond donors (Lipinski definition) is 2. The lowest BCUT2D eigenvalue weighted by molar-refractivity contribution is 0.198. The molecule has 1 aromatic rings. The Morgan fingerprint density at radius 3 is 2.42 bits per heavy atom. The van der Waals surface area contributed by atoms with Crippen LogP contribution < -0.4 is 9.46 Å². The van der Waals surface area contributed by atoms with E-state index < -0.39 is 16.1 Å². The molecule has 108 valence electrons. The lowest BCUT2D eigenvalue weighted by atomic mass is 10.1. The summed E-state index contributed by atoms with van der Waals surface area (Å²) in [5.74, 6) is 0.337. The van der Waals surface area contributed by atoms with Crippen LogP contribution in [0.5, 0.6) is 5.75 Å². The standard InChI is InChI=1S/C13H21NO4S/c1-5-18-12-6-9(2)10(3)7-13(12)19(16,17)14-8-11(4)15/h6-7,11,14-15H,5,8H2,1-4H3/t11-/m0/s1. The van der Waals surface area contributed by atoms with Gasteiger partial charge in [0.2, 0.25) is 10.0 Å².